The van der Waals surface area contributed by atoms with Gasteiger partial charge in [-0.1, -0.05) is 30.3 Å². The number of hydrogen-bond acceptors (Lipinski definition) is 4. The third kappa shape index (κ3) is 3.07. The first-order valence-electron chi connectivity index (χ1n) is 8.49. The molecule has 1 N–H and O–H groups in total. The Morgan fingerprint density at radius 1 is 1.21 bits per heavy atom. The second-order valence-electron chi connectivity index (χ2n) is 6.66. The summed E-state index contributed by atoms with van der Waals surface area (Å²) >= 11 is 0. The van der Waals surface area contributed by atoms with Crippen molar-refractivity contribution in [3.63, 3.8) is 0 Å². The predicted molar refractivity (Wildman–Crippen MR) is 89.3 cm³/mol. The Morgan fingerprint density at radius 3 is 2.75 bits per heavy atom. The van der Waals surface area contributed by atoms with Crippen LogP contribution < -0.4 is 0 Å². The molecule has 0 atom stereocenters. The van der Waals surface area contributed by atoms with Crippen LogP contribution in [0, 0.1) is 0 Å². The molecule has 1 saturated heterocycles. The van der Waals surface area contributed by atoms with Crippen molar-refractivity contribution in [3.05, 3.63) is 53.3 Å². The summed E-state index contributed by atoms with van der Waals surface area (Å²) in [4.78, 5) is 16.4. The molecule has 126 valence electrons. The van der Waals surface area contributed by atoms with Gasteiger partial charge in [0.05, 0.1) is 11.8 Å². The van der Waals surface area contributed by atoms with E-state index in [4.69, 9.17) is 0 Å². The summed E-state index contributed by atoms with van der Waals surface area (Å²) in [6, 6.07) is 12.4. The number of likely N-dealkylation sites (tertiary alicyclic amines) is 1. The maximum absolute atomic E-state index is 12.4. The molecule has 0 spiro atoms. The van der Waals surface area contributed by atoms with Crippen molar-refractivity contribution in [2.45, 2.75) is 32.2 Å². The number of aliphatic hydroxyl groups excluding tert-OH is 1. The summed E-state index contributed by atoms with van der Waals surface area (Å²) in [6.07, 6.45) is 0.646. The molecule has 1 amide bonds. The van der Waals surface area contributed by atoms with Crippen LogP contribution in [0.5, 0.6) is 0 Å². The van der Waals surface area contributed by atoms with E-state index in [-0.39, 0.29) is 12.0 Å². The summed E-state index contributed by atoms with van der Waals surface area (Å²) < 4.78 is 1.97. The minimum atomic E-state index is -0.379. The zero-order valence-electron chi connectivity index (χ0n) is 13.6. The molecule has 0 bridgehead atoms. The van der Waals surface area contributed by atoms with E-state index >= 15 is 0 Å². The Labute approximate surface area is 141 Å². The number of amides is 1. The van der Waals surface area contributed by atoms with Crippen LogP contribution in [0.3, 0.4) is 0 Å². The normalized spacial score (nSPS) is 18.8. The fourth-order valence-electron chi connectivity index (χ4n) is 3.39. The van der Waals surface area contributed by atoms with E-state index in [9.17, 15) is 9.90 Å². The molecule has 2 aliphatic rings. The van der Waals surface area contributed by atoms with Crippen LogP contribution in [-0.4, -0.2) is 56.3 Å². The van der Waals surface area contributed by atoms with E-state index in [1.54, 1.807) is 4.90 Å². The number of aliphatic hydroxyl groups is 1. The molecule has 1 fully saturated rings. The lowest BCUT2D eigenvalue weighted by Crippen LogP contribution is -2.53. The fourth-order valence-corrected chi connectivity index (χ4v) is 3.39. The molecular formula is C18H22N4O2. The lowest BCUT2D eigenvalue weighted by Gasteiger charge is -2.35. The summed E-state index contributed by atoms with van der Waals surface area (Å²) in [5.74, 6) is -0.0736. The van der Waals surface area contributed by atoms with Crippen molar-refractivity contribution >= 4 is 5.91 Å². The molecule has 6 heteroatoms. The number of carbonyl (C=O) groups is 1. The quantitative estimate of drug-likeness (QED) is 0.918. The van der Waals surface area contributed by atoms with Crippen molar-refractivity contribution in [1.29, 1.82) is 0 Å². The van der Waals surface area contributed by atoms with Gasteiger partial charge in [0.2, 0.25) is 0 Å². The standard InChI is InChI=1S/C18H22N4O2/c23-16-12-21(13-16)18(24)17-9-15-11-20(7-4-8-22(15)19-17)10-14-5-2-1-3-6-14/h1-3,5-6,9,16,23H,4,7-8,10-13H2. The summed E-state index contributed by atoms with van der Waals surface area (Å²) in [5.41, 5.74) is 2.89. The van der Waals surface area contributed by atoms with Crippen LogP contribution >= 0.6 is 0 Å². The zero-order chi connectivity index (χ0) is 16.5. The van der Waals surface area contributed by atoms with Gasteiger partial charge in [-0.05, 0) is 18.1 Å². The highest BCUT2D eigenvalue weighted by Gasteiger charge is 2.31. The van der Waals surface area contributed by atoms with Gasteiger partial charge < -0.3 is 10.0 Å². The number of carbonyl (C=O) groups excluding carboxylic acids is 1. The first kappa shape index (κ1) is 15.4. The van der Waals surface area contributed by atoms with Gasteiger partial charge in [-0.25, -0.2) is 0 Å². The molecule has 2 aromatic rings. The Hall–Kier alpha value is -2.18. The topological polar surface area (TPSA) is 61.6 Å². The molecule has 0 radical (unpaired) electrons. The summed E-state index contributed by atoms with van der Waals surface area (Å²) in [7, 11) is 0. The van der Waals surface area contributed by atoms with Crippen LogP contribution in [0.1, 0.15) is 28.2 Å². The van der Waals surface area contributed by atoms with E-state index in [0.29, 0.717) is 18.8 Å². The first-order valence-corrected chi connectivity index (χ1v) is 8.49. The lowest BCUT2D eigenvalue weighted by atomic mass is 10.1. The second-order valence-corrected chi connectivity index (χ2v) is 6.66. The molecule has 3 heterocycles. The third-order valence-corrected chi connectivity index (χ3v) is 4.71. The average molecular weight is 326 g/mol. The number of nitrogens with zero attached hydrogens (tertiary/aromatic N) is 4. The maximum Gasteiger partial charge on any atom is 0.274 e. The van der Waals surface area contributed by atoms with Gasteiger partial charge in [0.1, 0.15) is 0 Å². The van der Waals surface area contributed by atoms with Crippen LogP contribution in [0.15, 0.2) is 36.4 Å². The third-order valence-electron chi connectivity index (χ3n) is 4.71. The highest BCUT2D eigenvalue weighted by Crippen LogP contribution is 2.18. The highest BCUT2D eigenvalue weighted by molar-refractivity contribution is 5.93. The van der Waals surface area contributed by atoms with E-state index in [1.165, 1.54) is 5.56 Å². The number of aromatic nitrogens is 2. The van der Waals surface area contributed by atoms with Crippen LogP contribution in [0.2, 0.25) is 0 Å². The van der Waals surface area contributed by atoms with E-state index < -0.39 is 0 Å². The largest absolute Gasteiger partial charge is 0.389 e. The van der Waals surface area contributed by atoms with Crippen molar-refractivity contribution in [1.82, 2.24) is 19.6 Å². The average Bonchev–Trinajstić information content (AvgIpc) is 2.86. The first-order chi connectivity index (χ1) is 11.7. The number of hydrogen-bond donors (Lipinski definition) is 1. The molecular weight excluding hydrogens is 304 g/mol. The second kappa shape index (κ2) is 6.37. The van der Waals surface area contributed by atoms with Crippen molar-refractivity contribution in [2.24, 2.45) is 0 Å². The van der Waals surface area contributed by atoms with Crippen molar-refractivity contribution in [3.8, 4) is 0 Å². The van der Waals surface area contributed by atoms with Gasteiger partial charge in [-0.2, -0.15) is 5.10 Å². The van der Waals surface area contributed by atoms with Gasteiger partial charge >= 0.3 is 0 Å². The van der Waals surface area contributed by atoms with Gasteiger partial charge in [-0.3, -0.25) is 14.4 Å². The molecule has 4 rings (SSSR count). The van der Waals surface area contributed by atoms with Gasteiger partial charge in [0.25, 0.3) is 5.91 Å². The number of benzene rings is 1. The number of β-amino-alcohol motifs (C(OH)–C–C–N with tert-alkyl or cyclic N) is 1. The molecule has 0 saturated carbocycles. The molecule has 0 unspecified atom stereocenters. The van der Waals surface area contributed by atoms with Gasteiger partial charge in [0, 0.05) is 39.3 Å². The van der Waals surface area contributed by atoms with E-state index in [2.05, 4.69) is 34.3 Å². The molecule has 0 aliphatic carbocycles. The molecule has 2 aliphatic heterocycles. The maximum atomic E-state index is 12.4. The van der Waals surface area contributed by atoms with Gasteiger partial charge in [0.15, 0.2) is 5.69 Å². The number of fused-ring (bicyclic) bond motifs is 1. The Morgan fingerprint density at radius 2 is 2.00 bits per heavy atom. The predicted octanol–water partition coefficient (Wildman–Crippen LogP) is 1.11. The van der Waals surface area contributed by atoms with Crippen LogP contribution in [0.25, 0.3) is 0 Å². The zero-order valence-corrected chi connectivity index (χ0v) is 13.6. The lowest BCUT2D eigenvalue weighted by molar-refractivity contribution is 0.00544. The van der Waals surface area contributed by atoms with E-state index in [1.807, 2.05) is 16.8 Å². The van der Waals surface area contributed by atoms with Crippen LogP contribution in [0.4, 0.5) is 0 Å². The van der Waals surface area contributed by atoms with E-state index in [0.717, 1.165) is 38.3 Å². The summed E-state index contributed by atoms with van der Waals surface area (Å²) in [5, 5.41) is 13.9. The Balaban J connectivity index is 1.47. The van der Waals surface area contributed by atoms with Crippen molar-refractivity contribution in [2.75, 3.05) is 19.6 Å². The van der Waals surface area contributed by atoms with Crippen LogP contribution in [-0.2, 0) is 19.6 Å². The minimum Gasteiger partial charge on any atom is -0.389 e. The Kier molecular flexibility index (Phi) is 4.08. The monoisotopic (exact) mass is 326 g/mol. The van der Waals surface area contributed by atoms with Crippen molar-refractivity contribution < 1.29 is 9.90 Å². The fraction of sp³-hybridized carbons (Fsp3) is 0.444. The Bertz CT molecular complexity index is 722. The highest BCUT2D eigenvalue weighted by atomic mass is 16.3. The number of rotatable bonds is 3. The number of aryl methyl sites for hydroxylation is 1. The molecule has 24 heavy (non-hydrogen) atoms. The minimum absolute atomic E-state index is 0.0736. The summed E-state index contributed by atoms with van der Waals surface area (Å²) in [6.45, 7) is 4.42. The smallest absolute Gasteiger partial charge is 0.274 e. The molecule has 1 aromatic carbocycles. The molecule has 6 nitrogen and oxygen atoms in total. The molecule has 1 aromatic heterocycles. The SMILES string of the molecule is O=C(c1cc2n(n1)CCCN(Cc1ccccc1)C2)N1CC(O)C1. The van der Waals surface area contributed by atoms with Gasteiger partial charge in [-0.15, -0.1) is 0 Å².